The first-order valence-corrected chi connectivity index (χ1v) is 8.57. The Kier molecular flexibility index (Phi) is 5.59. The van der Waals surface area contributed by atoms with E-state index in [9.17, 15) is 22.0 Å². The third-order valence-electron chi connectivity index (χ3n) is 4.40. The predicted molar refractivity (Wildman–Crippen MR) is 96.1 cm³/mol. The molecule has 0 nitrogen and oxygen atoms in total. The fourth-order valence-electron chi connectivity index (χ4n) is 3.03. The maximum Gasteiger partial charge on any atom is 0.269 e. The van der Waals surface area contributed by atoms with Crippen molar-refractivity contribution in [3.05, 3.63) is 83.2 Å². The Bertz CT molecular complexity index is 922. The van der Waals surface area contributed by atoms with Crippen molar-refractivity contribution in [2.24, 2.45) is 0 Å². The van der Waals surface area contributed by atoms with Gasteiger partial charge in [0.15, 0.2) is 0 Å². The van der Waals surface area contributed by atoms with Crippen LogP contribution in [0.25, 0.3) is 22.3 Å². The molecule has 0 fully saturated rings. The molecule has 0 aliphatic carbocycles. The van der Waals surface area contributed by atoms with Gasteiger partial charge in [-0.3, -0.25) is 0 Å². The second-order valence-corrected chi connectivity index (χ2v) is 6.30. The van der Waals surface area contributed by atoms with Gasteiger partial charge in [-0.25, -0.2) is 22.0 Å². The molecule has 0 saturated carbocycles. The van der Waals surface area contributed by atoms with Crippen molar-refractivity contribution >= 4 is 0 Å². The molecule has 0 radical (unpaired) electrons. The number of rotatable bonds is 5. The van der Waals surface area contributed by atoms with Gasteiger partial charge >= 0.3 is 0 Å². The highest BCUT2D eigenvalue weighted by molar-refractivity contribution is 5.71. The minimum Gasteiger partial charge on any atom is -0.206 e. The van der Waals surface area contributed by atoms with Gasteiger partial charge in [-0.1, -0.05) is 49.7 Å². The van der Waals surface area contributed by atoms with Crippen LogP contribution in [0.3, 0.4) is 0 Å². The summed E-state index contributed by atoms with van der Waals surface area (Å²) in [4.78, 5) is 0. The van der Waals surface area contributed by atoms with Crippen LogP contribution in [0, 0.1) is 17.5 Å². The van der Waals surface area contributed by atoms with E-state index >= 15 is 0 Å². The van der Waals surface area contributed by atoms with Crippen LogP contribution in [0.4, 0.5) is 22.0 Å². The van der Waals surface area contributed by atoms with Crippen LogP contribution in [-0.4, -0.2) is 0 Å². The smallest absolute Gasteiger partial charge is 0.206 e. The van der Waals surface area contributed by atoms with Gasteiger partial charge in [-0.05, 0) is 46.9 Å². The SMILES string of the molecule is CCCc1ccc(-c2ccc(-c3cc(F)c(C(F)F)c(F)c3)c(F)c2)cc1. The summed E-state index contributed by atoms with van der Waals surface area (Å²) in [5, 5.41) is 0. The zero-order valence-corrected chi connectivity index (χ0v) is 14.6. The van der Waals surface area contributed by atoms with Crippen LogP contribution < -0.4 is 0 Å². The molecule has 0 atom stereocenters. The highest BCUT2D eigenvalue weighted by Crippen LogP contribution is 2.33. The maximum atomic E-state index is 14.6. The molecular weight excluding hydrogens is 359 g/mol. The van der Waals surface area contributed by atoms with E-state index < -0.39 is 29.4 Å². The minimum absolute atomic E-state index is 0.0556. The summed E-state index contributed by atoms with van der Waals surface area (Å²) in [6.45, 7) is 2.08. The van der Waals surface area contributed by atoms with Gasteiger partial charge in [-0.15, -0.1) is 0 Å². The van der Waals surface area contributed by atoms with E-state index in [1.165, 1.54) is 17.7 Å². The van der Waals surface area contributed by atoms with Gasteiger partial charge in [0, 0.05) is 5.56 Å². The molecule has 0 heterocycles. The molecule has 0 bridgehead atoms. The fraction of sp³-hybridized carbons (Fsp3) is 0.182. The number of hydrogen-bond donors (Lipinski definition) is 0. The number of benzene rings is 3. The van der Waals surface area contributed by atoms with E-state index in [0.717, 1.165) is 30.5 Å². The van der Waals surface area contributed by atoms with E-state index in [1.54, 1.807) is 6.07 Å². The first-order chi connectivity index (χ1) is 12.9. The Hall–Kier alpha value is -2.69. The van der Waals surface area contributed by atoms with Gasteiger partial charge in [0.2, 0.25) is 0 Å². The number of aryl methyl sites for hydroxylation is 1. The Morgan fingerprint density at radius 3 is 1.78 bits per heavy atom. The average molecular weight is 376 g/mol. The molecule has 3 aromatic rings. The molecule has 27 heavy (non-hydrogen) atoms. The second-order valence-electron chi connectivity index (χ2n) is 6.30. The molecule has 5 heteroatoms. The molecule has 0 aliphatic rings. The van der Waals surface area contributed by atoms with Gasteiger partial charge in [0.05, 0.1) is 5.56 Å². The number of alkyl halides is 2. The molecule has 140 valence electrons. The summed E-state index contributed by atoms with van der Waals surface area (Å²) in [5.74, 6) is -3.47. The van der Waals surface area contributed by atoms with E-state index in [4.69, 9.17) is 0 Å². The molecule has 0 aromatic heterocycles. The van der Waals surface area contributed by atoms with Crippen LogP contribution in [0.15, 0.2) is 54.6 Å². The normalized spacial score (nSPS) is 11.2. The molecule has 0 saturated heterocycles. The van der Waals surface area contributed by atoms with Crippen molar-refractivity contribution in [1.29, 1.82) is 0 Å². The zero-order chi connectivity index (χ0) is 19.6. The standard InChI is InChI=1S/C22H17F5/c1-2-3-13-4-6-14(7-5-13)15-8-9-17(18(23)10-15)16-11-19(24)21(22(26)27)20(25)12-16/h4-12,22H,2-3H2,1H3. The largest absolute Gasteiger partial charge is 0.269 e. The van der Waals surface area contributed by atoms with Gasteiger partial charge < -0.3 is 0 Å². The number of halogens is 5. The quantitative estimate of drug-likeness (QED) is 0.409. The van der Waals surface area contributed by atoms with Crippen LogP contribution in [-0.2, 0) is 6.42 Å². The maximum absolute atomic E-state index is 14.6. The lowest BCUT2D eigenvalue weighted by molar-refractivity contribution is 0.141. The molecule has 3 aromatic carbocycles. The topological polar surface area (TPSA) is 0 Å². The van der Waals surface area contributed by atoms with Crippen LogP contribution in [0.2, 0.25) is 0 Å². The Morgan fingerprint density at radius 1 is 0.704 bits per heavy atom. The van der Waals surface area contributed by atoms with E-state index in [2.05, 4.69) is 6.92 Å². The van der Waals surface area contributed by atoms with E-state index in [1.807, 2.05) is 24.3 Å². The lowest BCUT2D eigenvalue weighted by Crippen LogP contribution is -1.98. The van der Waals surface area contributed by atoms with Gasteiger partial charge in [0.1, 0.15) is 17.5 Å². The van der Waals surface area contributed by atoms with Crippen molar-refractivity contribution in [3.63, 3.8) is 0 Å². The van der Waals surface area contributed by atoms with Crippen LogP contribution in [0.1, 0.15) is 30.9 Å². The third-order valence-corrected chi connectivity index (χ3v) is 4.40. The van der Waals surface area contributed by atoms with Crippen LogP contribution >= 0.6 is 0 Å². The highest BCUT2D eigenvalue weighted by Gasteiger charge is 2.21. The van der Waals surface area contributed by atoms with E-state index in [0.29, 0.717) is 5.56 Å². The van der Waals surface area contributed by atoms with Crippen molar-refractivity contribution in [2.75, 3.05) is 0 Å². The summed E-state index contributed by atoms with van der Waals surface area (Å²) < 4.78 is 67.4. The summed E-state index contributed by atoms with van der Waals surface area (Å²) in [6.07, 6.45) is -1.29. The lowest BCUT2D eigenvalue weighted by Gasteiger charge is -2.10. The van der Waals surface area contributed by atoms with Crippen molar-refractivity contribution in [3.8, 4) is 22.3 Å². The molecular formula is C22H17F5. The Balaban J connectivity index is 1.95. The number of hydrogen-bond acceptors (Lipinski definition) is 0. The van der Waals surface area contributed by atoms with Crippen LogP contribution in [0.5, 0.6) is 0 Å². The molecule has 0 aliphatic heterocycles. The van der Waals surface area contributed by atoms with Crippen molar-refractivity contribution in [1.82, 2.24) is 0 Å². The van der Waals surface area contributed by atoms with Crippen molar-refractivity contribution in [2.45, 2.75) is 26.2 Å². The molecule has 0 spiro atoms. The lowest BCUT2D eigenvalue weighted by atomic mass is 9.97. The summed E-state index contributed by atoms with van der Waals surface area (Å²) in [5.41, 5.74) is 1.12. The highest BCUT2D eigenvalue weighted by atomic mass is 19.3. The van der Waals surface area contributed by atoms with Gasteiger partial charge in [-0.2, -0.15) is 0 Å². The predicted octanol–water partition coefficient (Wildman–Crippen LogP) is 7.33. The second kappa shape index (κ2) is 7.91. The molecule has 0 amide bonds. The van der Waals surface area contributed by atoms with E-state index in [-0.39, 0.29) is 11.1 Å². The monoisotopic (exact) mass is 376 g/mol. The summed E-state index contributed by atoms with van der Waals surface area (Å²) in [6, 6.07) is 13.4. The summed E-state index contributed by atoms with van der Waals surface area (Å²) in [7, 11) is 0. The first-order valence-electron chi connectivity index (χ1n) is 8.57. The zero-order valence-electron chi connectivity index (χ0n) is 14.6. The minimum atomic E-state index is -3.28. The summed E-state index contributed by atoms with van der Waals surface area (Å²) >= 11 is 0. The molecule has 0 unspecified atom stereocenters. The average Bonchev–Trinajstić information content (AvgIpc) is 2.61. The first kappa shape index (κ1) is 19.1. The Labute approximate surface area is 154 Å². The molecule has 3 rings (SSSR count). The molecule has 0 N–H and O–H groups in total. The fourth-order valence-corrected chi connectivity index (χ4v) is 3.03. The third kappa shape index (κ3) is 4.02. The van der Waals surface area contributed by atoms with Gasteiger partial charge in [0.25, 0.3) is 6.43 Å². The van der Waals surface area contributed by atoms with Crippen molar-refractivity contribution < 1.29 is 22.0 Å². The Morgan fingerprint density at radius 2 is 1.26 bits per heavy atom.